The number of nitrogens with one attached hydrogen (secondary N) is 1. The Bertz CT molecular complexity index is 356. The van der Waals surface area contributed by atoms with Gasteiger partial charge in [-0.1, -0.05) is 37.3 Å². The molecule has 1 atom stereocenters. The highest BCUT2D eigenvalue weighted by molar-refractivity contribution is 7.99. The molecule has 1 unspecified atom stereocenters. The first-order valence-electron chi connectivity index (χ1n) is 6.79. The minimum absolute atomic E-state index is 0.228. The molecule has 0 amide bonds. The maximum Gasteiger partial charge on any atom is 0.303 e. The molecule has 0 aliphatic heterocycles. The highest BCUT2D eigenvalue weighted by Gasteiger charge is 2.11. The van der Waals surface area contributed by atoms with Gasteiger partial charge in [0.15, 0.2) is 0 Å². The largest absolute Gasteiger partial charge is 0.481 e. The highest BCUT2D eigenvalue weighted by Crippen LogP contribution is 2.08. The zero-order valence-corrected chi connectivity index (χ0v) is 12.3. The number of rotatable bonds is 10. The summed E-state index contributed by atoms with van der Waals surface area (Å²) in [5, 5.41) is 12.3. The van der Waals surface area contributed by atoms with Gasteiger partial charge in [0.25, 0.3) is 0 Å². The van der Waals surface area contributed by atoms with Crippen molar-refractivity contribution in [2.75, 3.05) is 18.1 Å². The first kappa shape index (κ1) is 16.1. The second-order valence-corrected chi connectivity index (χ2v) is 5.86. The number of hydrogen-bond acceptors (Lipinski definition) is 3. The van der Waals surface area contributed by atoms with Crippen LogP contribution in [0.2, 0.25) is 0 Å². The lowest BCUT2D eigenvalue weighted by Crippen LogP contribution is -2.33. The lowest BCUT2D eigenvalue weighted by molar-refractivity contribution is -0.137. The van der Waals surface area contributed by atoms with Gasteiger partial charge in [-0.3, -0.25) is 4.79 Å². The average Bonchev–Trinajstić information content (AvgIpc) is 2.41. The van der Waals surface area contributed by atoms with Crippen molar-refractivity contribution in [1.29, 1.82) is 0 Å². The zero-order chi connectivity index (χ0) is 13.9. The number of carbonyl (C=O) groups is 1. The summed E-state index contributed by atoms with van der Waals surface area (Å²) in [6.45, 7) is 3.09. The van der Waals surface area contributed by atoms with Crippen molar-refractivity contribution in [3.8, 4) is 0 Å². The van der Waals surface area contributed by atoms with Crippen molar-refractivity contribution in [2.45, 2.75) is 32.2 Å². The lowest BCUT2D eigenvalue weighted by Gasteiger charge is -2.18. The van der Waals surface area contributed by atoms with Crippen LogP contribution in [0.4, 0.5) is 0 Å². The predicted octanol–water partition coefficient (Wildman–Crippen LogP) is 2.81. The van der Waals surface area contributed by atoms with E-state index in [1.165, 1.54) is 5.56 Å². The fourth-order valence-electron chi connectivity index (χ4n) is 1.95. The van der Waals surface area contributed by atoms with E-state index in [1.54, 1.807) is 0 Å². The number of aliphatic carboxylic acids is 1. The molecule has 4 heteroatoms. The van der Waals surface area contributed by atoms with Crippen molar-refractivity contribution < 1.29 is 9.90 Å². The van der Waals surface area contributed by atoms with Crippen LogP contribution in [0.25, 0.3) is 0 Å². The van der Waals surface area contributed by atoms with E-state index in [1.807, 2.05) is 30.0 Å². The summed E-state index contributed by atoms with van der Waals surface area (Å²) < 4.78 is 0. The Morgan fingerprint density at radius 1 is 1.37 bits per heavy atom. The van der Waals surface area contributed by atoms with Crippen molar-refractivity contribution in [2.24, 2.45) is 0 Å². The molecule has 106 valence electrons. The Morgan fingerprint density at radius 3 is 2.74 bits per heavy atom. The molecule has 0 aliphatic carbocycles. The molecular formula is C15H23NO2S. The highest BCUT2D eigenvalue weighted by atomic mass is 32.2. The van der Waals surface area contributed by atoms with E-state index in [4.69, 9.17) is 5.11 Å². The monoisotopic (exact) mass is 281 g/mol. The molecule has 0 saturated carbocycles. The fraction of sp³-hybridized carbons (Fsp3) is 0.533. The van der Waals surface area contributed by atoms with Gasteiger partial charge in [-0.2, -0.15) is 11.8 Å². The molecule has 0 heterocycles. The van der Waals surface area contributed by atoms with Crippen molar-refractivity contribution >= 4 is 17.7 Å². The normalized spacial score (nSPS) is 12.3. The number of carboxylic acid groups (broad SMARTS) is 1. The molecule has 0 aliphatic rings. The SMILES string of the molecule is CCSCCNC(CCC(=O)O)Cc1ccccc1. The summed E-state index contributed by atoms with van der Waals surface area (Å²) in [6.07, 6.45) is 1.80. The van der Waals surface area contributed by atoms with Crippen LogP contribution in [0, 0.1) is 0 Å². The molecule has 0 spiro atoms. The Hall–Kier alpha value is -1.00. The van der Waals surface area contributed by atoms with Crippen LogP contribution in [-0.4, -0.2) is 35.2 Å². The van der Waals surface area contributed by atoms with Crippen molar-refractivity contribution in [3.05, 3.63) is 35.9 Å². The molecular weight excluding hydrogens is 258 g/mol. The molecule has 1 aromatic carbocycles. The molecule has 0 bridgehead atoms. The van der Waals surface area contributed by atoms with E-state index in [0.717, 1.165) is 24.5 Å². The first-order valence-corrected chi connectivity index (χ1v) is 7.94. The topological polar surface area (TPSA) is 49.3 Å². The van der Waals surface area contributed by atoms with Gasteiger partial charge in [0.1, 0.15) is 0 Å². The Kier molecular flexibility index (Phi) is 8.34. The van der Waals surface area contributed by atoms with E-state index < -0.39 is 5.97 Å². The van der Waals surface area contributed by atoms with Gasteiger partial charge >= 0.3 is 5.97 Å². The van der Waals surface area contributed by atoms with Gasteiger partial charge in [-0.15, -0.1) is 0 Å². The van der Waals surface area contributed by atoms with Crippen LogP contribution in [0.1, 0.15) is 25.3 Å². The third kappa shape index (κ3) is 7.90. The van der Waals surface area contributed by atoms with Crippen LogP contribution >= 0.6 is 11.8 Å². The van der Waals surface area contributed by atoms with E-state index >= 15 is 0 Å². The summed E-state index contributed by atoms with van der Waals surface area (Å²) in [5.41, 5.74) is 1.26. The van der Waals surface area contributed by atoms with Crippen LogP contribution in [0.3, 0.4) is 0 Å². The van der Waals surface area contributed by atoms with E-state index in [2.05, 4.69) is 24.4 Å². The molecule has 0 fully saturated rings. The van der Waals surface area contributed by atoms with Gasteiger partial charge in [-0.05, 0) is 24.2 Å². The van der Waals surface area contributed by atoms with E-state index in [-0.39, 0.29) is 12.5 Å². The summed E-state index contributed by atoms with van der Waals surface area (Å²) in [7, 11) is 0. The molecule has 0 radical (unpaired) electrons. The minimum atomic E-state index is -0.720. The number of carboxylic acids is 1. The van der Waals surface area contributed by atoms with Crippen LogP contribution < -0.4 is 5.32 Å². The molecule has 19 heavy (non-hydrogen) atoms. The van der Waals surface area contributed by atoms with Crippen LogP contribution in [0.5, 0.6) is 0 Å². The van der Waals surface area contributed by atoms with Gasteiger partial charge in [0, 0.05) is 24.8 Å². The first-order chi connectivity index (χ1) is 9.22. The van der Waals surface area contributed by atoms with Crippen molar-refractivity contribution in [1.82, 2.24) is 5.32 Å². The third-order valence-electron chi connectivity index (χ3n) is 2.92. The van der Waals surface area contributed by atoms with E-state index in [9.17, 15) is 4.79 Å². The Labute approximate surface area is 119 Å². The minimum Gasteiger partial charge on any atom is -0.481 e. The Morgan fingerprint density at radius 2 is 2.11 bits per heavy atom. The van der Waals surface area contributed by atoms with Crippen LogP contribution in [-0.2, 0) is 11.2 Å². The summed E-state index contributed by atoms with van der Waals surface area (Å²) in [6, 6.07) is 10.5. The number of thioether (sulfide) groups is 1. The fourth-order valence-corrected chi connectivity index (χ4v) is 2.50. The quantitative estimate of drug-likeness (QED) is 0.648. The maximum absolute atomic E-state index is 10.7. The second kappa shape index (κ2) is 9.87. The Balaban J connectivity index is 2.41. The standard InChI is InChI=1S/C15H23NO2S/c1-2-19-11-10-16-14(8-9-15(17)18)12-13-6-4-3-5-7-13/h3-7,14,16H,2,8-12H2,1H3,(H,17,18). The number of benzene rings is 1. The molecule has 3 nitrogen and oxygen atoms in total. The second-order valence-electron chi connectivity index (χ2n) is 4.47. The molecule has 1 rings (SSSR count). The third-order valence-corrected chi connectivity index (χ3v) is 3.82. The smallest absolute Gasteiger partial charge is 0.303 e. The van der Waals surface area contributed by atoms with Crippen LogP contribution in [0.15, 0.2) is 30.3 Å². The lowest BCUT2D eigenvalue weighted by atomic mass is 10.0. The summed E-state index contributed by atoms with van der Waals surface area (Å²) in [5.74, 6) is 1.48. The molecule has 1 aromatic rings. The average molecular weight is 281 g/mol. The maximum atomic E-state index is 10.7. The van der Waals surface area contributed by atoms with Gasteiger partial charge in [0.05, 0.1) is 0 Å². The summed E-state index contributed by atoms with van der Waals surface area (Å²) >= 11 is 1.90. The van der Waals surface area contributed by atoms with Gasteiger partial charge in [0.2, 0.25) is 0 Å². The zero-order valence-electron chi connectivity index (χ0n) is 11.5. The molecule has 0 aromatic heterocycles. The number of hydrogen-bond donors (Lipinski definition) is 2. The van der Waals surface area contributed by atoms with E-state index in [0.29, 0.717) is 6.42 Å². The van der Waals surface area contributed by atoms with Crippen molar-refractivity contribution in [3.63, 3.8) is 0 Å². The summed E-state index contributed by atoms with van der Waals surface area (Å²) in [4.78, 5) is 10.7. The molecule has 0 saturated heterocycles. The molecule has 2 N–H and O–H groups in total. The van der Waals surface area contributed by atoms with Gasteiger partial charge in [-0.25, -0.2) is 0 Å². The predicted molar refractivity (Wildman–Crippen MR) is 81.8 cm³/mol. The van der Waals surface area contributed by atoms with Gasteiger partial charge < -0.3 is 10.4 Å².